The van der Waals surface area contributed by atoms with Crippen LogP contribution in [0.4, 0.5) is 0 Å². The zero-order chi connectivity index (χ0) is 18.6. The minimum Gasteiger partial charge on any atom is -0.497 e. The topological polar surface area (TPSA) is 44.8 Å². The standard InChI is InChI=1S/C21H26O4/c1-13-14(2)16(4)20(17(5)15(13)3)21(22)25-12-11-24-19-9-7-18(23-6)8-10-19/h7-10H,11-12H2,1-6H3. The van der Waals surface area contributed by atoms with E-state index in [9.17, 15) is 4.79 Å². The Morgan fingerprint density at radius 3 is 1.76 bits per heavy atom. The minimum atomic E-state index is -0.292. The predicted octanol–water partition coefficient (Wildman–Crippen LogP) is 4.47. The molecule has 0 aliphatic heterocycles. The van der Waals surface area contributed by atoms with Gasteiger partial charge in [0.15, 0.2) is 0 Å². The molecule has 25 heavy (non-hydrogen) atoms. The second-order valence-corrected chi connectivity index (χ2v) is 6.16. The molecule has 0 saturated carbocycles. The van der Waals surface area contributed by atoms with Gasteiger partial charge in [0.05, 0.1) is 12.7 Å². The molecular formula is C21H26O4. The van der Waals surface area contributed by atoms with Crippen LogP contribution in [0, 0.1) is 34.6 Å². The lowest BCUT2D eigenvalue weighted by Gasteiger charge is -2.17. The number of hydrogen-bond acceptors (Lipinski definition) is 4. The third-order valence-electron chi connectivity index (χ3n) is 4.85. The Morgan fingerprint density at radius 2 is 1.24 bits per heavy atom. The summed E-state index contributed by atoms with van der Waals surface area (Å²) in [5.41, 5.74) is 6.16. The van der Waals surface area contributed by atoms with Crippen molar-refractivity contribution in [2.24, 2.45) is 0 Å². The molecule has 0 N–H and O–H groups in total. The summed E-state index contributed by atoms with van der Waals surface area (Å²) in [6, 6.07) is 7.29. The number of hydrogen-bond donors (Lipinski definition) is 0. The van der Waals surface area contributed by atoms with E-state index in [1.54, 1.807) is 7.11 Å². The number of benzene rings is 2. The fourth-order valence-corrected chi connectivity index (χ4v) is 2.84. The smallest absolute Gasteiger partial charge is 0.338 e. The first-order valence-electron chi connectivity index (χ1n) is 8.37. The molecular weight excluding hydrogens is 316 g/mol. The highest BCUT2D eigenvalue weighted by Crippen LogP contribution is 2.26. The molecule has 0 spiro atoms. The molecule has 0 aliphatic carbocycles. The summed E-state index contributed by atoms with van der Waals surface area (Å²) in [7, 11) is 1.62. The third kappa shape index (κ3) is 4.13. The lowest BCUT2D eigenvalue weighted by atomic mass is 9.90. The molecule has 0 bridgehead atoms. The van der Waals surface area contributed by atoms with Crippen molar-refractivity contribution >= 4 is 5.97 Å². The van der Waals surface area contributed by atoms with E-state index in [1.165, 1.54) is 5.56 Å². The normalized spacial score (nSPS) is 10.5. The Morgan fingerprint density at radius 1 is 0.760 bits per heavy atom. The Kier molecular flexibility index (Phi) is 6.07. The summed E-state index contributed by atoms with van der Waals surface area (Å²) in [6.45, 7) is 10.6. The van der Waals surface area contributed by atoms with Crippen molar-refractivity contribution in [2.45, 2.75) is 34.6 Å². The molecule has 0 fully saturated rings. The van der Waals surface area contributed by atoms with Gasteiger partial charge in [-0.25, -0.2) is 4.79 Å². The van der Waals surface area contributed by atoms with Gasteiger partial charge in [0, 0.05) is 0 Å². The molecule has 4 nitrogen and oxygen atoms in total. The summed E-state index contributed by atoms with van der Waals surface area (Å²) < 4.78 is 16.1. The molecule has 2 aromatic rings. The first-order chi connectivity index (χ1) is 11.9. The predicted molar refractivity (Wildman–Crippen MR) is 98.9 cm³/mol. The molecule has 0 atom stereocenters. The van der Waals surface area contributed by atoms with Crippen LogP contribution in [-0.4, -0.2) is 26.3 Å². The van der Waals surface area contributed by atoms with E-state index >= 15 is 0 Å². The zero-order valence-corrected chi connectivity index (χ0v) is 15.9. The summed E-state index contributed by atoms with van der Waals surface area (Å²) in [5.74, 6) is 1.20. The van der Waals surface area contributed by atoms with E-state index in [0.29, 0.717) is 17.9 Å². The van der Waals surface area contributed by atoms with Gasteiger partial charge >= 0.3 is 5.97 Å². The van der Waals surface area contributed by atoms with Crippen LogP contribution in [-0.2, 0) is 4.74 Å². The van der Waals surface area contributed by atoms with Crippen molar-refractivity contribution in [2.75, 3.05) is 20.3 Å². The van der Waals surface area contributed by atoms with E-state index in [-0.39, 0.29) is 12.6 Å². The van der Waals surface area contributed by atoms with Crippen LogP contribution in [0.25, 0.3) is 0 Å². The molecule has 134 valence electrons. The van der Waals surface area contributed by atoms with E-state index in [0.717, 1.165) is 28.0 Å². The maximum Gasteiger partial charge on any atom is 0.338 e. The Bertz CT molecular complexity index is 731. The fourth-order valence-electron chi connectivity index (χ4n) is 2.84. The monoisotopic (exact) mass is 342 g/mol. The highest BCUT2D eigenvalue weighted by Gasteiger charge is 2.19. The maximum absolute atomic E-state index is 12.5. The van der Waals surface area contributed by atoms with Crippen molar-refractivity contribution in [3.8, 4) is 11.5 Å². The summed E-state index contributed by atoms with van der Waals surface area (Å²) in [4.78, 5) is 12.5. The van der Waals surface area contributed by atoms with Crippen molar-refractivity contribution in [1.82, 2.24) is 0 Å². The number of carbonyl (C=O) groups excluding carboxylic acids is 1. The summed E-state index contributed by atoms with van der Waals surface area (Å²) >= 11 is 0. The van der Waals surface area contributed by atoms with Crippen LogP contribution < -0.4 is 9.47 Å². The van der Waals surface area contributed by atoms with Crippen molar-refractivity contribution < 1.29 is 19.0 Å². The molecule has 0 aliphatic rings. The lowest BCUT2D eigenvalue weighted by Crippen LogP contribution is -2.16. The lowest BCUT2D eigenvalue weighted by molar-refractivity contribution is 0.0448. The molecule has 0 radical (unpaired) electrons. The zero-order valence-electron chi connectivity index (χ0n) is 15.9. The van der Waals surface area contributed by atoms with Gasteiger partial charge in [-0.2, -0.15) is 0 Å². The maximum atomic E-state index is 12.5. The summed E-state index contributed by atoms with van der Waals surface area (Å²) in [5, 5.41) is 0. The van der Waals surface area contributed by atoms with Gasteiger partial charge in [0.1, 0.15) is 24.7 Å². The first kappa shape index (κ1) is 18.8. The number of ether oxygens (including phenoxy) is 3. The molecule has 4 heteroatoms. The van der Waals surface area contributed by atoms with Gasteiger partial charge < -0.3 is 14.2 Å². The van der Waals surface area contributed by atoms with Crippen molar-refractivity contribution in [3.63, 3.8) is 0 Å². The number of methoxy groups -OCH3 is 1. The van der Waals surface area contributed by atoms with Gasteiger partial charge in [0.2, 0.25) is 0 Å². The van der Waals surface area contributed by atoms with Crippen LogP contribution in [0.1, 0.15) is 38.2 Å². The molecule has 0 saturated heterocycles. The second-order valence-electron chi connectivity index (χ2n) is 6.16. The second kappa shape index (κ2) is 8.06. The van der Waals surface area contributed by atoms with Gasteiger partial charge in [-0.1, -0.05) is 0 Å². The third-order valence-corrected chi connectivity index (χ3v) is 4.85. The van der Waals surface area contributed by atoms with E-state index < -0.39 is 0 Å². The number of rotatable bonds is 6. The first-order valence-corrected chi connectivity index (χ1v) is 8.37. The Balaban J connectivity index is 1.96. The fraction of sp³-hybridized carbons (Fsp3) is 0.381. The summed E-state index contributed by atoms with van der Waals surface area (Å²) in [6.07, 6.45) is 0. The van der Waals surface area contributed by atoms with Crippen LogP contribution in [0.3, 0.4) is 0 Å². The highest BCUT2D eigenvalue weighted by molar-refractivity contribution is 5.93. The number of carbonyl (C=O) groups is 1. The molecule has 2 rings (SSSR count). The van der Waals surface area contributed by atoms with Crippen LogP contribution >= 0.6 is 0 Å². The van der Waals surface area contributed by atoms with Crippen LogP contribution in [0.2, 0.25) is 0 Å². The Labute approximate surface area is 149 Å². The molecule has 0 aromatic heterocycles. The van der Waals surface area contributed by atoms with Gasteiger partial charge in [-0.15, -0.1) is 0 Å². The van der Waals surface area contributed by atoms with E-state index in [1.807, 2.05) is 52.0 Å². The van der Waals surface area contributed by atoms with Crippen molar-refractivity contribution in [1.29, 1.82) is 0 Å². The number of esters is 1. The Hall–Kier alpha value is -2.49. The van der Waals surface area contributed by atoms with Gasteiger partial charge in [0.25, 0.3) is 0 Å². The van der Waals surface area contributed by atoms with Crippen LogP contribution in [0.15, 0.2) is 24.3 Å². The quantitative estimate of drug-likeness (QED) is 0.574. The average Bonchev–Trinajstić information content (AvgIpc) is 2.62. The minimum absolute atomic E-state index is 0.204. The molecule has 0 unspecified atom stereocenters. The largest absolute Gasteiger partial charge is 0.497 e. The van der Waals surface area contributed by atoms with Gasteiger partial charge in [-0.3, -0.25) is 0 Å². The molecule has 2 aromatic carbocycles. The molecule has 0 amide bonds. The molecule has 0 heterocycles. The average molecular weight is 342 g/mol. The van der Waals surface area contributed by atoms with E-state index in [4.69, 9.17) is 14.2 Å². The van der Waals surface area contributed by atoms with Crippen molar-refractivity contribution in [3.05, 3.63) is 57.6 Å². The van der Waals surface area contributed by atoms with Gasteiger partial charge in [-0.05, 0) is 86.7 Å². The van der Waals surface area contributed by atoms with Crippen LogP contribution in [0.5, 0.6) is 11.5 Å². The van der Waals surface area contributed by atoms with E-state index in [2.05, 4.69) is 6.92 Å². The SMILES string of the molecule is COc1ccc(OCCOC(=O)c2c(C)c(C)c(C)c(C)c2C)cc1. The highest BCUT2D eigenvalue weighted by atomic mass is 16.6.